The van der Waals surface area contributed by atoms with Gasteiger partial charge in [-0.2, -0.15) is 0 Å². The van der Waals surface area contributed by atoms with E-state index in [4.69, 9.17) is 5.11 Å². The Morgan fingerprint density at radius 3 is 2.68 bits per heavy atom. The standard InChI is InChI=1S/C15H17BrN2O/c1-11-6-13(10-19)8-17-15(11)18(2)9-12-4-3-5-14(16)7-12/h3-8,19H,9-10H2,1-2H3. The topological polar surface area (TPSA) is 36.4 Å². The van der Waals surface area contributed by atoms with Crippen LogP contribution in [0.25, 0.3) is 0 Å². The molecule has 0 unspecified atom stereocenters. The summed E-state index contributed by atoms with van der Waals surface area (Å²) < 4.78 is 1.08. The molecule has 100 valence electrons. The van der Waals surface area contributed by atoms with Crippen molar-refractivity contribution in [2.45, 2.75) is 20.1 Å². The van der Waals surface area contributed by atoms with Gasteiger partial charge in [0.15, 0.2) is 0 Å². The molecule has 0 aliphatic rings. The Morgan fingerprint density at radius 2 is 2.05 bits per heavy atom. The van der Waals surface area contributed by atoms with E-state index in [1.807, 2.05) is 32.2 Å². The number of halogens is 1. The summed E-state index contributed by atoms with van der Waals surface area (Å²) in [4.78, 5) is 6.53. The van der Waals surface area contributed by atoms with E-state index in [1.165, 1.54) is 5.56 Å². The minimum Gasteiger partial charge on any atom is -0.392 e. The highest BCUT2D eigenvalue weighted by Gasteiger charge is 2.08. The van der Waals surface area contributed by atoms with Crippen molar-refractivity contribution in [2.75, 3.05) is 11.9 Å². The van der Waals surface area contributed by atoms with Crippen LogP contribution in [0.3, 0.4) is 0 Å². The number of aliphatic hydroxyl groups is 1. The molecule has 0 spiro atoms. The van der Waals surface area contributed by atoms with Crippen LogP contribution in [0, 0.1) is 6.92 Å². The molecule has 0 fully saturated rings. The maximum atomic E-state index is 9.10. The molecule has 2 aromatic rings. The number of aliphatic hydroxyl groups excluding tert-OH is 1. The van der Waals surface area contributed by atoms with Crippen LogP contribution in [0.1, 0.15) is 16.7 Å². The van der Waals surface area contributed by atoms with Gasteiger partial charge in [0.05, 0.1) is 6.61 Å². The van der Waals surface area contributed by atoms with Crippen molar-refractivity contribution < 1.29 is 5.11 Å². The number of benzene rings is 1. The van der Waals surface area contributed by atoms with Crippen LogP contribution in [0.5, 0.6) is 0 Å². The van der Waals surface area contributed by atoms with Crippen molar-refractivity contribution in [1.82, 2.24) is 4.98 Å². The van der Waals surface area contributed by atoms with E-state index in [1.54, 1.807) is 6.20 Å². The van der Waals surface area contributed by atoms with Gasteiger partial charge in [0.25, 0.3) is 0 Å². The van der Waals surface area contributed by atoms with Gasteiger partial charge in [-0.15, -0.1) is 0 Å². The molecule has 2 rings (SSSR count). The number of anilines is 1. The van der Waals surface area contributed by atoms with E-state index in [-0.39, 0.29) is 6.61 Å². The molecule has 1 heterocycles. The average Bonchev–Trinajstić information content (AvgIpc) is 2.38. The Hall–Kier alpha value is -1.39. The Balaban J connectivity index is 2.18. The Kier molecular flexibility index (Phi) is 4.56. The summed E-state index contributed by atoms with van der Waals surface area (Å²) in [5.41, 5.74) is 3.14. The molecule has 4 heteroatoms. The zero-order chi connectivity index (χ0) is 13.8. The summed E-state index contributed by atoms with van der Waals surface area (Å²) in [7, 11) is 2.02. The van der Waals surface area contributed by atoms with Gasteiger partial charge in [-0.3, -0.25) is 0 Å². The predicted molar refractivity (Wildman–Crippen MR) is 81.1 cm³/mol. The lowest BCUT2D eigenvalue weighted by molar-refractivity contribution is 0.281. The minimum atomic E-state index is 0.0312. The fourth-order valence-electron chi connectivity index (χ4n) is 2.10. The lowest BCUT2D eigenvalue weighted by Gasteiger charge is -2.20. The fourth-order valence-corrected chi connectivity index (χ4v) is 2.54. The van der Waals surface area contributed by atoms with Crippen molar-refractivity contribution in [3.8, 4) is 0 Å². The van der Waals surface area contributed by atoms with Crippen LogP contribution >= 0.6 is 15.9 Å². The number of nitrogens with zero attached hydrogens (tertiary/aromatic N) is 2. The summed E-state index contributed by atoms with van der Waals surface area (Å²) in [5, 5.41) is 9.10. The van der Waals surface area contributed by atoms with Crippen LogP contribution in [0.2, 0.25) is 0 Å². The summed E-state index contributed by atoms with van der Waals surface area (Å²) in [6, 6.07) is 10.2. The Bertz CT molecular complexity index is 572. The first-order chi connectivity index (χ1) is 9.10. The first-order valence-corrected chi connectivity index (χ1v) is 6.91. The van der Waals surface area contributed by atoms with Crippen LogP contribution in [0.15, 0.2) is 41.0 Å². The van der Waals surface area contributed by atoms with Gasteiger partial charge in [0.1, 0.15) is 5.82 Å². The third-order valence-corrected chi connectivity index (χ3v) is 3.45. The molecule has 0 atom stereocenters. The van der Waals surface area contributed by atoms with Crippen LogP contribution in [-0.4, -0.2) is 17.1 Å². The van der Waals surface area contributed by atoms with Crippen molar-refractivity contribution >= 4 is 21.7 Å². The van der Waals surface area contributed by atoms with Gasteiger partial charge >= 0.3 is 0 Å². The SMILES string of the molecule is Cc1cc(CO)cnc1N(C)Cc1cccc(Br)c1. The second-order valence-corrected chi connectivity index (χ2v) is 5.54. The number of hydrogen-bond donors (Lipinski definition) is 1. The molecule has 1 N–H and O–H groups in total. The maximum absolute atomic E-state index is 9.10. The van der Waals surface area contributed by atoms with Crippen LogP contribution in [-0.2, 0) is 13.2 Å². The molecule has 1 aromatic carbocycles. The van der Waals surface area contributed by atoms with E-state index >= 15 is 0 Å². The molecule has 0 aliphatic carbocycles. The number of hydrogen-bond acceptors (Lipinski definition) is 3. The molecule has 0 radical (unpaired) electrons. The molecule has 1 aromatic heterocycles. The summed E-state index contributed by atoms with van der Waals surface area (Å²) >= 11 is 3.48. The third kappa shape index (κ3) is 3.55. The molecule has 3 nitrogen and oxygen atoms in total. The quantitative estimate of drug-likeness (QED) is 0.939. The molecule has 0 bridgehead atoms. The van der Waals surface area contributed by atoms with Gasteiger partial charge in [-0.1, -0.05) is 28.1 Å². The largest absolute Gasteiger partial charge is 0.392 e. The zero-order valence-corrected chi connectivity index (χ0v) is 12.7. The van der Waals surface area contributed by atoms with Crippen molar-refractivity contribution in [3.05, 3.63) is 57.7 Å². The molecule has 0 amide bonds. The smallest absolute Gasteiger partial charge is 0.131 e. The Labute approximate surface area is 122 Å². The molecule has 0 aliphatic heterocycles. The summed E-state index contributed by atoms with van der Waals surface area (Å²) in [6.45, 7) is 2.84. The summed E-state index contributed by atoms with van der Waals surface area (Å²) in [6.07, 6.45) is 1.72. The second kappa shape index (κ2) is 6.17. The predicted octanol–water partition coefficient (Wildman–Crippen LogP) is 3.28. The first-order valence-electron chi connectivity index (χ1n) is 6.12. The zero-order valence-electron chi connectivity index (χ0n) is 11.1. The minimum absolute atomic E-state index is 0.0312. The maximum Gasteiger partial charge on any atom is 0.131 e. The molecular weight excluding hydrogens is 304 g/mol. The fraction of sp³-hybridized carbons (Fsp3) is 0.267. The first kappa shape index (κ1) is 14.0. The normalized spacial score (nSPS) is 10.5. The Morgan fingerprint density at radius 1 is 1.26 bits per heavy atom. The molecular formula is C15H17BrN2O. The molecule has 0 saturated heterocycles. The van der Waals surface area contributed by atoms with Crippen molar-refractivity contribution in [3.63, 3.8) is 0 Å². The monoisotopic (exact) mass is 320 g/mol. The number of pyridine rings is 1. The van der Waals surface area contributed by atoms with Gasteiger partial charge in [-0.05, 0) is 41.8 Å². The van der Waals surface area contributed by atoms with Gasteiger partial charge in [0, 0.05) is 24.3 Å². The highest BCUT2D eigenvalue weighted by atomic mass is 79.9. The van der Waals surface area contributed by atoms with Crippen LogP contribution in [0.4, 0.5) is 5.82 Å². The number of rotatable bonds is 4. The van der Waals surface area contributed by atoms with E-state index in [2.05, 4.69) is 37.9 Å². The third-order valence-electron chi connectivity index (χ3n) is 2.96. The van der Waals surface area contributed by atoms with E-state index < -0.39 is 0 Å². The number of aryl methyl sites for hydroxylation is 1. The van der Waals surface area contributed by atoms with Gasteiger partial charge in [-0.25, -0.2) is 4.98 Å². The van der Waals surface area contributed by atoms with Gasteiger partial charge < -0.3 is 10.0 Å². The van der Waals surface area contributed by atoms with Crippen molar-refractivity contribution in [1.29, 1.82) is 0 Å². The highest BCUT2D eigenvalue weighted by molar-refractivity contribution is 9.10. The molecule has 0 saturated carbocycles. The van der Waals surface area contributed by atoms with Crippen LogP contribution < -0.4 is 4.90 Å². The van der Waals surface area contributed by atoms with E-state index in [0.29, 0.717) is 0 Å². The van der Waals surface area contributed by atoms with Gasteiger partial charge in [0.2, 0.25) is 0 Å². The van der Waals surface area contributed by atoms with E-state index in [9.17, 15) is 0 Å². The molecule has 19 heavy (non-hydrogen) atoms. The average molecular weight is 321 g/mol. The summed E-state index contributed by atoms with van der Waals surface area (Å²) in [5.74, 6) is 0.942. The lowest BCUT2D eigenvalue weighted by atomic mass is 10.2. The number of aromatic nitrogens is 1. The highest BCUT2D eigenvalue weighted by Crippen LogP contribution is 2.20. The van der Waals surface area contributed by atoms with E-state index in [0.717, 1.165) is 28.0 Å². The lowest BCUT2D eigenvalue weighted by Crippen LogP contribution is -2.19. The second-order valence-electron chi connectivity index (χ2n) is 4.63. The van der Waals surface area contributed by atoms with Crippen molar-refractivity contribution in [2.24, 2.45) is 0 Å².